The molecule has 1 aliphatic carbocycles. The molecule has 1 N–H and O–H groups in total. The van der Waals surface area contributed by atoms with Gasteiger partial charge < -0.3 is 5.32 Å². The van der Waals surface area contributed by atoms with E-state index in [-0.39, 0.29) is 0 Å². The third-order valence-corrected chi connectivity index (χ3v) is 3.92. The van der Waals surface area contributed by atoms with Gasteiger partial charge in [-0.05, 0) is 55.3 Å². The molecule has 1 saturated carbocycles. The molecule has 2 unspecified atom stereocenters. The highest BCUT2D eigenvalue weighted by Gasteiger charge is 2.36. The number of nitrogens with zero attached hydrogens (tertiary/aromatic N) is 1. The van der Waals surface area contributed by atoms with Gasteiger partial charge in [0.15, 0.2) is 0 Å². The predicted molar refractivity (Wildman–Crippen MR) is 67.6 cm³/mol. The molecule has 0 spiro atoms. The van der Waals surface area contributed by atoms with Crippen LogP contribution in [0, 0.1) is 6.92 Å². The second kappa shape index (κ2) is 4.54. The molecule has 1 aromatic heterocycles. The smallest absolute Gasteiger partial charge is 0.0308 e. The molecule has 1 aliphatic rings. The molecule has 16 heavy (non-hydrogen) atoms. The van der Waals surface area contributed by atoms with Crippen LogP contribution in [0.5, 0.6) is 0 Å². The number of pyridine rings is 1. The summed E-state index contributed by atoms with van der Waals surface area (Å²) in [5.41, 5.74) is 3.15. The summed E-state index contributed by atoms with van der Waals surface area (Å²) in [4.78, 5) is 4.29. The first-order chi connectivity index (χ1) is 7.65. The largest absolute Gasteiger partial charge is 0.314 e. The minimum absolute atomic E-state index is 0.325. The predicted octanol–water partition coefficient (Wildman–Crippen LogP) is 2.81. The van der Waals surface area contributed by atoms with E-state index in [0.29, 0.717) is 11.5 Å². The topological polar surface area (TPSA) is 24.9 Å². The molecule has 0 saturated heterocycles. The standard InChI is InChI=1S/C14H22N2/c1-4-16-12-5-7-14(3,9-12)13-10-15-8-6-11(13)2/h6,8,10,12,16H,4-5,7,9H2,1-3H3. The Kier molecular flexibility index (Phi) is 3.29. The van der Waals surface area contributed by atoms with E-state index in [9.17, 15) is 0 Å². The Morgan fingerprint density at radius 2 is 2.38 bits per heavy atom. The third-order valence-electron chi connectivity index (χ3n) is 3.92. The second-order valence-electron chi connectivity index (χ2n) is 5.25. The average Bonchev–Trinajstić information content (AvgIpc) is 2.62. The summed E-state index contributed by atoms with van der Waals surface area (Å²) in [6, 6.07) is 2.82. The van der Waals surface area contributed by atoms with Gasteiger partial charge in [-0.25, -0.2) is 0 Å². The summed E-state index contributed by atoms with van der Waals surface area (Å²) in [6.07, 6.45) is 7.76. The van der Waals surface area contributed by atoms with Crippen LogP contribution < -0.4 is 5.32 Å². The van der Waals surface area contributed by atoms with Gasteiger partial charge in [0.25, 0.3) is 0 Å². The van der Waals surface area contributed by atoms with Crippen LogP contribution in [0.4, 0.5) is 0 Å². The fraction of sp³-hybridized carbons (Fsp3) is 0.643. The van der Waals surface area contributed by atoms with Gasteiger partial charge in [-0.2, -0.15) is 0 Å². The third kappa shape index (κ3) is 2.12. The first-order valence-electron chi connectivity index (χ1n) is 6.30. The van der Waals surface area contributed by atoms with Crippen LogP contribution in [-0.4, -0.2) is 17.6 Å². The lowest BCUT2D eigenvalue weighted by molar-refractivity contribution is 0.454. The van der Waals surface area contributed by atoms with Gasteiger partial charge in [0, 0.05) is 18.4 Å². The lowest BCUT2D eigenvalue weighted by Gasteiger charge is -2.26. The maximum absolute atomic E-state index is 4.29. The van der Waals surface area contributed by atoms with Crippen molar-refractivity contribution < 1.29 is 0 Å². The molecule has 1 heterocycles. The molecule has 2 heteroatoms. The first kappa shape index (κ1) is 11.6. The van der Waals surface area contributed by atoms with Crippen molar-refractivity contribution in [3.05, 3.63) is 29.6 Å². The van der Waals surface area contributed by atoms with Crippen LogP contribution in [0.1, 0.15) is 44.2 Å². The number of hydrogen-bond donors (Lipinski definition) is 1. The maximum atomic E-state index is 4.29. The minimum atomic E-state index is 0.325. The van der Waals surface area contributed by atoms with Crippen molar-refractivity contribution in [1.82, 2.24) is 10.3 Å². The van der Waals surface area contributed by atoms with E-state index in [2.05, 4.69) is 43.3 Å². The number of aryl methyl sites for hydroxylation is 1. The number of hydrogen-bond acceptors (Lipinski definition) is 2. The van der Waals surface area contributed by atoms with E-state index in [1.54, 1.807) is 0 Å². The van der Waals surface area contributed by atoms with Crippen LogP contribution in [0.2, 0.25) is 0 Å². The minimum Gasteiger partial charge on any atom is -0.314 e. The van der Waals surface area contributed by atoms with Crippen molar-refractivity contribution >= 4 is 0 Å². The van der Waals surface area contributed by atoms with Crippen LogP contribution in [0.15, 0.2) is 18.5 Å². The van der Waals surface area contributed by atoms with Crippen LogP contribution in [-0.2, 0) is 5.41 Å². The van der Waals surface area contributed by atoms with Gasteiger partial charge in [0.1, 0.15) is 0 Å². The molecule has 88 valence electrons. The van der Waals surface area contributed by atoms with Crippen molar-refractivity contribution in [2.24, 2.45) is 0 Å². The van der Waals surface area contributed by atoms with E-state index in [1.165, 1.54) is 30.4 Å². The van der Waals surface area contributed by atoms with Crippen LogP contribution in [0.3, 0.4) is 0 Å². The molecule has 0 aliphatic heterocycles. The highest BCUT2D eigenvalue weighted by Crippen LogP contribution is 2.41. The lowest BCUT2D eigenvalue weighted by Crippen LogP contribution is -2.29. The zero-order valence-corrected chi connectivity index (χ0v) is 10.6. The van der Waals surface area contributed by atoms with Gasteiger partial charge in [-0.1, -0.05) is 13.8 Å². The molecule has 0 radical (unpaired) electrons. The van der Waals surface area contributed by atoms with Crippen LogP contribution >= 0.6 is 0 Å². The number of aromatic nitrogens is 1. The highest BCUT2D eigenvalue weighted by atomic mass is 14.9. The monoisotopic (exact) mass is 218 g/mol. The maximum Gasteiger partial charge on any atom is 0.0308 e. The fourth-order valence-electron chi connectivity index (χ4n) is 3.04. The SMILES string of the molecule is CCNC1CCC(C)(c2cnccc2C)C1. The first-order valence-corrected chi connectivity index (χ1v) is 6.30. The zero-order chi connectivity index (χ0) is 11.6. The van der Waals surface area contributed by atoms with E-state index in [0.717, 1.165) is 6.54 Å². The Bertz CT molecular complexity index is 362. The fourth-order valence-corrected chi connectivity index (χ4v) is 3.04. The summed E-state index contributed by atoms with van der Waals surface area (Å²) in [5, 5.41) is 3.57. The van der Waals surface area contributed by atoms with Crippen molar-refractivity contribution in [3.8, 4) is 0 Å². The summed E-state index contributed by atoms with van der Waals surface area (Å²) in [5.74, 6) is 0. The Morgan fingerprint density at radius 3 is 3.06 bits per heavy atom. The summed E-state index contributed by atoms with van der Waals surface area (Å²) in [7, 11) is 0. The highest BCUT2D eigenvalue weighted by molar-refractivity contribution is 5.31. The average molecular weight is 218 g/mol. The summed E-state index contributed by atoms with van der Waals surface area (Å²) >= 11 is 0. The number of nitrogens with one attached hydrogen (secondary N) is 1. The molecular formula is C14H22N2. The van der Waals surface area contributed by atoms with Crippen molar-refractivity contribution in [3.63, 3.8) is 0 Å². The van der Waals surface area contributed by atoms with Gasteiger partial charge >= 0.3 is 0 Å². The van der Waals surface area contributed by atoms with E-state index in [1.807, 2.05) is 6.20 Å². The van der Waals surface area contributed by atoms with Gasteiger partial charge in [-0.3, -0.25) is 4.98 Å². The molecule has 2 rings (SSSR count). The Morgan fingerprint density at radius 1 is 1.56 bits per heavy atom. The summed E-state index contributed by atoms with van der Waals surface area (Å²) < 4.78 is 0. The second-order valence-corrected chi connectivity index (χ2v) is 5.25. The van der Waals surface area contributed by atoms with Gasteiger partial charge in [0.2, 0.25) is 0 Å². The number of rotatable bonds is 3. The van der Waals surface area contributed by atoms with Crippen LogP contribution in [0.25, 0.3) is 0 Å². The zero-order valence-electron chi connectivity index (χ0n) is 10.6. The Hall–Kier alpha value is -0.890. The van der Waals surface area contributed by atoms with E-state index in [4.69, 9.17) is 0 Å². The molecule has 2 nitrogen and oxygen atoms in total. The molecule has 0 aromatic carbocycles. The molecule has 1 fully saturated rings. The summed E-state index contributed by atoms with van der Waals surface area (Å²) in [6.45, 7) is 7.84. The quantitative estimate of drug-likeness (QED) is 0.844. The molecule has 1 aromatic rings. The van der Waals surface area contributed by atoms with E-state index < -0.39 is 0 Å². The van der Waals surface area contributed by atoms with Gasteiger partial charge in [0.05, 0.1) is 0 Å². The molecular weight excluding hydrogens is 196 g/mol. The van der Waals surface area contributed by atoms with Gasteiger partial charge in [-0.15, -0.1) is 0 Å². The Labute approximate surface area is 98.5 Å². The Balaban J connectivity index is 2.18. The van der Waals surface area contributed by atoms with E-state index >= 15 is 0 Å². The molecule has 0 amide bonds. The van der Waals surface area contributed by atoms with Crippen molar-refractivity contribution in [2.45, 2.75) is 51.5 Å². The lowest BCUT2D eigenvalue weighted by atomic mass is 9.79. The van der Waals surface area contributed by atoms with Crippen molar-refractivity contribution in [2.75, 3.05) is 6.54 Å². The molecule has 2 atom stereocenters. The molecule has 0 bridgehead atoms. The van der Waals surface area contributed by atoms with Crippen molar-refractivity contribution in [1.29, 1.82) is 0 Å². The normalized spacial score (nSPS) is 29.6.